The lowest BCUT2D eigenvalue weighted by Crippen LogP contribution is -2.39. The lowest BCUT2D eigenvalue weighted by molar-refractivity contribution is -0.134. The number of carbonyl (C=O) groups excluding carboxylic acids is 8. The Morgan fingerprint density at radius 3 is 0.768 bits per heavy atom. The lowest BCUT2D eigenvalue weighted by Gasteiger charge is -2.23. The van der Waals surface area contributed by atoms with E-state index in [1.807, 2.05) is 133 Å². The molecule has 8 amide bonds. The molecule has 0 unspecified atom stereocenters. The van der Waals surface area contributed by atoms with E-state index in [0.717, 1.165) is 66.8 Å². The third-order valence-electron chi connectivity index (χ3n) is 18.0. The summed E-state index contributed by atoms with van der Waals surface area (Å²) in [4.78, 5) is 118. The molecule has 410 valence electrons. The summed E-state index contributed by atoms with van der Waals surface area (Å²) in [6.45, 7) is 0.113. The molecule has 16 nitrogen and oxygen atoms in total. The number of hydrogen-bond donors (Lipinski definition) is 0. The second kappa shape index (κ2) is 20.3. The Morgan fingerprint density at radius 2 is 0.549 bits per heavy atom. The summed E-state index contributed by atoms with van der Waals surface area (Å²) in [5.41, 5.74) is 11.1. The number of rotatable bonds is 8. The van der Waals surface area contributed by atoms with Gasteiger partial charge in [-0.25, -0.2) is 38.8 Å². The zero-order chi connectivity index (χ0) is 55.9. The molecule has 82 heavy (non-hydrogen) atoms. The standard InChI is InChI=1S/C66H54N4O12/c71-59(67-55(33-79-63(67)75)37-13-5-1-6-14-37)45-25-41-23-42-26-46(60(72)68-56(34-80-64(68)76)38-15-7-2-8-16-38)30-52(42)49(51(41)29-45)21-22-50-53-31-47(61(73)69-57(35-81-65(69)77)39-17-9-3-10-18-39)27-43(53)24-44-28-48(32-54(44)50)62(74)70-58(36-82-66(70)78)40-19-11-4-12-20-40/h1-20,23-24,45-48,55-58H,25-36H2/t45-,46-,47-,48-,55-,56-,57-,58-/m0/s1. The average molecular weight is 1100 g/mol. The van der Waals surface area contributed by atoms with Gasteiger partial charge in [0.1, 0.15) is 50.6 Å². The molecule has 0 aromatic heterocycles. The molecule has 4 saturated heterocycles. The monoisotopic (exact) mass is 1090 g/mol. The maximum Gasteiger partial charge on any atom is 0.417 e. The molecule has 4 heterocycles. The quantitative estimate of drug-likeness (QED) is 0.104. The van der Waals surface area contributed by atoms with Gasteiger partial charge < -0.3 is 18.9 Å². The first-order chi connectivity index (χ1) is 40.0. The zero-order valence-electron chi connectivity index (χ0n) is 44.5. The first kappa shape index (κ1) is 50.8. The first-order valence-corrected chi connectivity index (χ1v) is 28.0. The van der Waals surface area contributed by atoms with E-state index in [1.54, 1.807) is 0 Å². The molecule has 6 aromatic carbocycles. The highest BCUT2D eigenvalue weighted by Crippen LogP contribution is 2.45. The molecule has 8 aliphatic rings. The van der Waals surface area contributed by atoms with E-state index in [9.17, 15) is 38.4 Å². The predicted molar refractivity (Wildman–Crippen MR) is 292 cm³/mol. The number of cyclic esters (lactones) is 4. The molecule has 8 atom stereocenters. The molecule has 16 heteroatoms. The van der Waals surface area contributed by atoms with Crippen LogP contribution in [-0.4, -0.2) is 94.0 Å². The molecule has 4 aliphatic carbocycles. The zero-order valence-corrected chi connectivity index (χ0v) is 44.5. The van der Waals surface area contributed by atoms with Gasteiger partial charge in [-0.2, -0.15) is 0 Å². The summed E-state index contributed by atoms with van der Waals surface area (Å²) in [5.74, 6) is 3.20. The molecule has 0 radical (unpaired) electrons. The topological polar surface area (TPSA) is 186 Å². The molecular formula is C66H54N4O12. The van der Waals surface area contributed by atoms with Crippen LogP contribution < -0.4 is 0 Å². The molecule has 4 fully saturated rings. The number of amides is 8. The minimum absolute atomic E-state index is 0.0282. The van der Waals surface area contributed by atoms with Crippen LogP contribution in [0.25, 0.3) is 0 Å². The normalized spacial score (nSPS) is 24.7. The van der Waals surface area contributed by atoms with Crippen LogP contribution in [0.2, 0.25) is 0 Å². The van der Waals surface area contributed by atoms with Crippen molar-refractivity contribution >= 4 is 48.0 Å². The van der Waals surface area contributed by atoms with Crippen LogP contribution in [0.3, 0.4) is 0 Å². The Hall–Kier alpha value is -9.36. The van der Waals surface area contributed by atoms with Gasteiger partial charge in [0.2, 0.25) is 23.6 Å². The van der Waals surface area contributed by atoms with E-state index in [1.165, 1.54) is 19.6 Å². The van der Waals surface area contributed by atoms with E-state index >= 15 is 0 Å². The highest BCUT2D eigenvalue weighted by molar-refractivity contribution is 5.98. The maximum atomic E-state index is 14.8. The van der Waals surface area contributed by atoms with Crippen molar-refractivity contribution in [1.82, 2.24) is 19.6 Å². The number of benzene rings is 6. The highest BCUT2D eigenvalue weighted by Gasteiger charge is 2.49. The van der Waals surface area contributed by atoms with Crippen molar-refractivity contribution < 1.29 is 57.3 Å². The number of ether oxygens (including phenoxy) is 4. The van der Waals surface area contributed by atoms with Crippen molar-refractivity contribution in [2.75, 3.05) is 26.4 Å². The Labute approximate surface area is 471 Å². The summed E-state index contributed by atoms with van der Waals surface area (Å²) in [6, 6.07) is 38.9. The highest BCUT2D eigenvalue weighted by atomic mass is 16.6. The Kier molecular flexibility index (Phi) is 12.6. The Bertz CT molecular complexity index is 3300. The first-order valence-electron chi connectivity index (χ1n) is 28.0. The molecule has 4 aliphatic heterocycles. The minimum atomic E-state index is -0.706. The predicted octanol–water partition coefficient (Wildman–Crippen LogP) is 8.83. The smallest absolute Gasteiger partial charge is 0.417 e. The SMILES string of the molecule is O=C1OC[C@@H](c2ccccc2)N1C(=O)[C@H]1Cc2cc3c(c(C#Cc4c5c(cc6c4C[C@@H](C(=O)N4C(=O)OC[C@H]4c4ccccc4)C6)C[C@H](C(=O)N4C(=O)OC[C@H]4c4ccccc4)C5)c2C1)C[C@@H](C(=O)N1C(=O)OC[C@H]1c1ccccc1)C3. The number of nitrogens with zero attached hydrogens (tertiary/aromatic N) is 4. The van der Waals surface area contributed by atoms with Gasteiger partial charge in [0.25, 0.3) is 0 Å². The second-order valence-electron chi connectivity index (χ2n) is 22.6. The van der Waals surface area contributed by atoms with Gasteiger partial charge in [-0.15, -0.1) is 0 Å². The van der Waals surface area contributed by atoms with E-state index in [2.05, 4.69) is 11.8 Å². The van der Waals surface area contributed by atoms with E-state index in [0.29, 0.717) is 36.8 Å². The van der Waals surface area contributed by atoms with Crippen LogP contribution in [0.5, 0.6) is 0 Å². The van der Waals surface area contributed by atoms with Crippen molar-refractivity contribution in [3.63, 3.8) is 0 Å². The van der Waals surface area contributed by atoms with Gasteiger partial charge in [-0.05, 0) is 118 Å². The molecule has 0 N–H and O–H groups in total. The minimum Gasteiger partial charge on any atom is -0.446 e. The van der Waals surface area contributed by atoms with Crippen molar-refractivity contribution in [1.29, 1.82) is 0 Å². The molecule has 6 aromatic rings. The second-order valence-corrected chi connectivity index (χ2v) is 22.6. The van der Waals surface area contributed by atoms with Crippen LogP contribution in [0.15, 0.2) is 133 Å². The van der Waals surface area contributed by atoms with Crippen molar-refractivity contribution in [3.05, 3.63) is 211 Å². The van der Waals surface area contributed by atoms with Gasteiger partial charge >= 0.3 is 24.4 Å². The summed E-state index contributed by atoms with van der Waals surface area (Å²) in [6.07, 6.45) is -0.676. The number of imide groups is 4. The molecule has 0 saturated carbocycles. The van der Waals surface area contributed by atoms with Crippen molar-refractivity contribution in [2.45, 2.75) is 75.5 Å². The summed E-state index contributed by atoms with van der Waals surface area (Å²) in [7, 11) is 0. The van der Waals surface area contributed by atoms with E-state index < -0.39 is 72.2 Å². The van der Waals surface area contributed by atoms with Crippen LogP contribution in [0.4, 0.5) is 19.2 Å². The van der Waals surface area contributed by atoms with Crippen molar-refractivity contribution in [2.24, 2.45) is 23.7 Å². The Balaban J connectivity index is 0.849. The fourth-order valence-electron chi connectivity index (χ4n) is 14.0. The van der Waals surface area contributed by atoms with Crippen LogP contribution in [0, 0.1) is 35.5 Å². The maximum absolute atomic E-state index is 14.8. The van der Waals surface area contributed by atoms with Crippen LogP contribution in [0.1, 0.15) is 102 Å². The van der Waals surface area contributed by atoms with Gasteiger partial charge in [-0.1, -0.05) is 145 Å². The van der Waals surface area contributed by atoms with Gasteiger partial charge in [0.15, 0.2) is 0 Å². The number of fused-ring (bicyclic) bond motifs is 4. The summed E-state index contributed by atoms with van der Waals surface area (Å²) < 4.78 is 22.0. The molecular weight excluding hydrogens is 1040 g/mol. The van der Waals surface area contributed by atoms with Gasteiger partial charge in [0, 0.05) is 34.8 Å². The fourth-order valence-corrected chi connectivity index (χ4v) is 14.0. The summed E-state index contributed by atoms with van der Waals surface area (Å²) >= 11 is 0. The Morgan fingerprint density at radius 1 is 0.329 bits per heavy atom. The van der Waals surface area contributed by atoms with Gasteiger partial charge in [0.05, 0.1) is 0 Å². The van der Waals surface area contributed by atoms with Crippen molar-refractivity contribution in [3.8, 4) is 11.8 Å². The third kappa shape index (κ3) is 8.60. The van der Waals surface area contributed by atoms with E-state index in [-0.39, 0.29) is 75.7 Å². The molecule has 0 bridgehead atoms. The fraction of sp³-hybridized carbons (Fsp3) is 0.303. The largest absolute Gasteiger partial charge is 0.446 e. The van der Waals surface area contributed by atoms with E-state index in [4.69, 9.17) is 18.9 Å². The summed E-state index contributed by atoms with van der Waals surface area (Å²) in [5, 5.41) is 0. The van der Waals surface area contributed by atoms with Gasteiger partial charge in [-0.3, -0.25) is 19.2 Å². The number of carbonyl (C=O) groups is 8. The average Bonchev–Trinajstić information content (AvgIpc) is 3.65. The third-order valence-corrected chi connectivity index (χ3v) is 18.0. The van der Waals surface area contributed by atoms with Crippen LogP contribution >= 0.6 is 0 Å². The van der Waals surface area contributed by atoms with Crippen LogP contribution in [-0.2, 0) is 89.5 Å². The number of hydrogen-bond acceptors (Lipinski definition) is 12. The molecule has 0 spiro atoms. The molecule has 14 rings (SSSR count). The lowest BCUT2D eigenvalue weighted by atomic mass is 9.91.